The zero-order valence-electron chi connectivity index (χ0n) is 11.4. The summed E-state index contributed by atoms with van der Waals surface area (Å²) in [6.07, 6.45) is 1.17. The van der Waals surface area contributed by atoms with Crippen LogP contribution >= 0.6 is 0 Å². The van der Waals surface area contributed by atoms with Crippen LogP contribution in [-0.2, 0) is 16.4 Å². The first-order valence-corrected chi connectivity index (χ1v) is 8.16. The van der Waals surface area contributed by atoms with Crippen LogP contribution in [0.2, 0.25) is 0 Å². The first kappa shape index (κ1) is 14.5. The Morgan fingerprint density at radius 2 is 2.00 bits per heavy atom. The zero-order valence-corrected chi connectivity index (χ0v) is 12.2. The standard InChI is InChI=1S/C14H21NO3S/c1-3-12-4-6-14(7-5-12)19(17,18)15-9-8-13(10-15)11(2)16/h4-7,11,13,16H,3,8-10H2,1-2H3. The summed E-state index contributed by atoms with van der Waals surface area (Å²) >= 11 is 0. The second-order valence-electron chi connectivity index (χ2n) is 5.15. The minimum atomic E-state index is -3.41. The molecule has 1 aromatic carbocycles. The summed E-state index contributed by atoms with van der Waals surface area (Å²) in [4.78, 5) is 0.343. The lowest BCUT2D eigenvalue weighted by Gasteiger charge is -2.17. The summed E-state index contributed by atoms with van der Waals surface area (Å²) in [6.45, 7) is 4.66. The maximum atomic E-state index is 12.4. The molecule has 2 rings (SSSR count). The van der Waals surface area contributed by atoms with Gasteiger partial charge in [0.1, 0.15) is 0 Å². The van der Waals surface area contributed by atoms with Crippen molar-refractivity contribution in [3.8, 4) is 0 Å². The van der Waals surface area contributed by atoms with Gasteiger partial charge < -0.3 is 5.11 Å². The highest BCUT2D eigenvalue weighted by atomic mass is 32.2. The Hall–Kier alpha value is -0.910. The summed E-state index contributed by atoms with van der Waals surface area (Å²) in [6, 6.07) is 7.05. The van der Waals surface area contributed by atoms with Gasteiger partial charge in [-0.3, -0.25) is 0 Å². The van der Waals surface area contributed by atoms with Crippen molar-refractivity contribution in [1.82, 2.24) is 4.31 Å². The van der Waals surface area contributed by atoms with E-state index in [2.05, 4.69) is 0 Å². The fourth-order valence-corrected chi connectivity index (χ4v) is 3.92. The molecular formula is C14H21NO3S. The van der Waals surface area contributed by atoms with Gasteiger partial charge in [0.25, 0.3) is 0 Å². The van der Waals surface area contributed by atoms with Crippen LogP contribution in [0.15, 0.2) is 29.2 Å². The first-order chi connectivity index (χ1) is 8.95. The van der Waals surface area contributed by atoms with Crippen LogP contribution < -0.4 is 0 Å². The number of rotatable bonds is 4. The van der Waals surface area contributed by atoms with Crippen LogP contribution in [0, 0.1) is 5.92 Å². The molecule has 0 aliphatic carbocycles. The quantitative estimate of drug-likeness (QED) is 0.914. The summed E-state index contributed by atoms with van der Waals surface area (Å²) in [5.74, 6) is 0.0460. The van der Waals surface area contributed by atoms with Crippen molar-refractivity contribution in [2.45, 2.75) is 37.7 Å². The van der Waals surface area contributed by atoms with Crippen LogP contribution in [0.25, 0.3) is 0 Å². The van der Waals surface area contributed by atoms with E-state index >= 15 is 0 Å². The van der Waals surface area contributed by atoms with E-state index in [0.29, 0.717) is 18.0 Å². The molecule has 19 heavy (non-hydrogen) atoms. The van der Waals surface area contributed by atoms with E-state index in [-0.39, 0.29) is 5.92 Å². The molecule has 0 bridgehead atoms. The lowest BCUT2D eigenvalue weighted by Crippen LogP contribution is -2.30. The zero-order chi connectivity index (χ0) is 14.0. The number of hydrogen-bond acceptors (Lipinski definition) is 3. The first-order valence-electron chi connectivity index (χ1n) is 6.72. The molecule has 0 saturated carbocycles. The van der Waals surface area contributed by atoms with Gasteiger partial charge in [0, 0.05) is 13.1 Å². The molecule has 1 aromatic rings. The number of aliphatic hydroxyl groups is 1. The molecule has 1 heterocycles. The van der Waals surface area contributed by atoms with E-state index in [1.165, 1.54) is 4.31 Å². The van der Waals surface area contributed by atoms with Gasteiger partial charge in [0.2, 0.25) is 10.0 Å². The van der Waals surface area contributed by atoms with Crippen LogP contribution in [-0.4, -0.2) is 37.0 Å². The second kappa shape index (κ2) is 5.61. The van der Waals surface area contributed by atoms with Gasteiger partial charge in [-0.15, -0.1) is 0 Å². The predicted molar refractivity (Wildman–Crippen MR) is 74.4 cm³/mol. The van der Waals surface area contributed by atoms with Gasteiger partial charge in [-0.2, -0.15) is 4.31 Å². The Balaban J connectivity index is 2.18. The maximum Gasteiger partial charge on any atom is 0.243 e. The van der Waals surface area contributed by atoms with Crippen LogP contribution in [0.1, 0.15) is 25.8 Å². The Morgan fingerprint density at radius 1 is 1.37 bits per heavy atom. The minimum absolute atomic E-state index is 0.0460. The van der Waals surface area contributed by atoms with E-state index in [1.54, 1.807) is 19.1 Å². The van der Waals surface area contributed by atoms with Crippen molar-refractivity contribution in [3.05, 3.63) is 29.8 Å². The van der Waals surface area contributed by atoms with E-state index in [9.17, 15) is 13.5 Å². The fourth-order valence-electron chi connectivity index (χ4n) is 2.41. The summed E-state index contributed by atoms with van der Waals surface area (Å²) in [7, 11) is -3.41. The number of sulfonamides is 1. The third-order valence-electron chi connectivity index (χ3n) is 3.84. The fraction of sp³-hybridized carbons (Fsp3) is 0.571. The molecule has 1 saturated heterocycles. The van der Waals surface area contributed by atoms with Gasteiger partial charge in [-0.25, -0.2) is 8.42 Å². The Morgan fingerprint density at radius 3 is 2.47 bits per heavy atom. The molecule has 106 valence electrons. The molecular weight excluding hydrogens is 262 g/mol. The van der Waals surface area contributed by atoms with Gasteiger partial charge in [-0.05, 0) is 43.4 Å². The highest BCUT2D eigenvalue weighted by Gasteiger charge is 2.34. The number of hydrogen-bond donors (Lipinski definition) is 1. The molecule has 1 N–H and O–H groups in total. The molecule has 4 nitrogen and oxygen atoms in total. The van der Waals surface area contributed by atoms with Crippen molar-refractivity contribution < 1.29 is 13.5 Å². The third kappa shape index (κ3) is 2.99. The Kier molecular flexibility index (Phi) is 4.28. The second-order valence-corrected chi connectivity index (χ2v) is 7.09. The monoisotopic (exact) mass is 283 g/mol. The molecule has 1 fully saturated rings. The van der Waals surface area contributed by atoms with Crippen LogP contribution in [0.5, 0.6) is 0 Å². The van der Waals surface area contributed by atoms with Gasteiger partial charge in [0.15, 0.2) is 0 Å². The SMILES string of the molecule is CCc1ccc(S(=O)(=O)N2CCC(C(C)O)C2)cc1. The number of benzene rings is 1. The summed E-state index contributed by atoms with van der Waals surface area (Å²) in [5.41, 5.74) is 1.13. The van der Waals surface area contributed by atoms with Crippen molar-refractivity contribution in [2.24, 2.45) is 5.92 Å². The van der Waals surface area contributed by atoms with E-state index in [1.807, 2.05) is 19.1 Å². The van der Waals surface area contributed by atoms with Crippen molar-refractivity contribution in [2.75, 3.05) is 13.1 Å². The average Bonchev–Trinajstić information content (AvgIpc) is 2.89. The lowest BCUT2D eigenvalue weighted by molar-refractivity contribution is 0.133. The molecule has 0 aromatic heterocycles. The molecule has 2 unspecified atom stereocenters. The average molecular weight is 283 g/mol. The van der Waals surface area contributed by atoms with E-state index in [0.717, 1.165) is 18.4 Å². The molecule has 1 aliphatic heterocycles. The summed E-state index contributed by atoms with van der Waals surface area (Å²) in [5, 5.41) is 9.55. The van der Waals surface area contributed by atoms with Crippen molar-refractivity contribution in [1.29, 1.82) is 0 Å². The van der Waals surface area contributed by atoms with E-state index in [4.69, 9.17) is 0 Å². The third-order valence-corrected chi connectivity index (χ3v) is 5.72. The van der Waals surface area contributed by atoms with Gasteiger partial charge >= 0.3 is 0 Å². The summed E-state index contributed by atoms with van der Waals surface area (Å²) < 4.78 is 26.4. The minimum Gasteiger partial charge on any atom is -0.393 e. The lowest BCUT2D eigenvalue weighted by atomic mass is 10.0. The molecule has 2 atom stereocenters. The van der Waals surface area contributed by atoms with Crippen LogP contribution in [0.4, 0.5) is 0 Å². The maximum absolute atomic E-state index is 12.4. The topological polar surface area (TPSA) is 57.6 Å². The molecule has 0 radical (unpaired) electrons. The number of nitrogens with zero attached hydrogens (tertiary/aromatic N) is 1. The Bertz CT molecular complexity index is 522. The largest absolute Gasteiger partial charge is 0.393 e. The molecule has 0 spiro atoms. The molecule has 1 aliphatic rings. The van der Waals surface area contributed by atoms with Crippen molar-refractivity contribution in [3.63, 3.8) is 0 Å². The highest BCUT2D eigenvalue weighted by molar-refractivity contribution is 7.89. The molecule has 0 amide bonds. The highest BCUT2D eigenvalue weighted by Crippen LogP contribution is 2.26. The van der Waals surface area contributed by atoms with Crippen LogP contribution in [0.3, 0.4) is 0 Å². The number of aliphatic hydroxyl groups excluding tert-OH is 1. The number of aryl methyl sites for hydroxylation is 1. The predicted octanol–water partition coefficient (Wildman–Crippen LogP) is 1.64. The Labute approximate surface area is 115 Å². The van der Waals surface area contributed by atoms with E-state index < -0.39 is 16.1 Å². The van der Waals surface area contributed by atoms with Crippen molar-refractivity contribution >= 4 is 10.0 Å². The normalized spacial score (nSPS) is 22.6. The molecule has 5 heteroatoms. The van der Waals surface area contributed by atoms with Gasteiger partial charge in [0.05, 0.1) is 11.0 Å². The van der Waals surface area contributed by atoms with Gasteiger partial charge in [-0.1, -0.05) is 19.1 Å². The smallest absolute Gasteiger partial charge is 0.243 e.